The third kappa shape index (κ3) is 7.16. The van der Waals surface area contributed by atoms with Crippen LogP contribution in [0, 0.1) is 11.8 Å². The van der Waals surface area contributed by atoms with E-state index in [1.165, 1.54) is 0 Å². The molecule has 7 nitrogen and oxygen atoms in total. The van der Waals surface area contributed by atoms with E-state index in [4.69, 9.17) is 4.74 Å². The number of ether oxygens (including phenoxy) is 1. The monoisotopic (exact) mass is 403 g/mol. The molecule has 1 saturated heterocycles. The lowest BCUT2D eigenvalue weighted by molar-refractivity contribution is -0.133. The molecule has 1 aromatic rings. The molecule has 2 N–H and O–H groups in total. The van der Waals surface area contributed by atoms with E-state index in [-0.39, 0.29) is 23.6 Å². The van der Waals surface area contributed by atoms with Gasteiger partial charge in [-0.25, -0.2) is 0 Å². The summed E-state index contributed by atoms with van der Waals surface area (Å²) in [5.74, 6) is -0.0139. The molecule has 0 unspecified atom stereocenters. The van der Waals surface area contributed by atoms with E-state index in [0.717, 1.165) is 0 Å². The fourth-order valence-corrected chi connectivity index (χ4v) is 3.56. The number of carbonyl (C=O) groups excluding carboxylic acids is 3. The maximum Gasteiger partial charge on any atom is 0.251 e. The number of methoxy groups -OCH3 is 1. The van der Waals surface area contributed by atoms with Gasteiger partial charge in [0, 0.05) is 38.7 Å². The number of carbonyl (C=O) groups is 3. The highest BCUT2D eigenvalue weighted by Gasteiger charge is 2.33. The molecule has 2 rings (SSSR count). The molecule has 7 heteroatoms. The van der Waals surface area contributed by atoms with Gasteiger partial charge in [0.2, 0.25) is 11.8 Å². The molecule has 1 heterocycles. The smallest absolute Gasteiger partial charge is 0.251 e. The second kappa shape index (κ2) is 11.6. The number of rotatable bonds is 9. The Morgan fingerprint density at radius 1 is 1.14 bits per heavy atom. The molecule has 160 valence electrons. The number of nitrogens with zero attached hydrogens (tertiary/aromatic N) is 1. The molecule has 1 fully saturated rings. The van der Waals surface area contributed by atoms with Crippen LogP contribution in [0.3, 0.4) is 0 Å². The second-order valence-corrected chi connectivity index (χ2v) is 7.92. The number of likely N-dealkylation sites (tertiary alicyclic amines) is 1. The van der Waals surface area contributed by atoms with E-state index in [2.05, 4.69) is 10.6 Å². The first-order valence-electron chi connectivity index (χ1n) is 10.3. The van der Waals surface area contributed by atoms with Crippen molar-refractivity contribution >= 4 is 17.7 Å². The lowest BCUT2D eigenvalue weighted by Gasteiger charge is -2.36. The largest absolute Gasteiger partial charge is 0.383 e. The number of benzene rings is 1. The van der Waals surface area contributed by atoms with Crippen LogP contribution in [0.25, 0.3) is 0 Å². The van der Waals surface area contributed by atoms with Crippen molar-refractivity contribution in [3.05, 3.63) is 35.9 Å². The molecular weight excluding hydrogens is 370 g/mol. The summed E-state index contributed by atoms with van der Waals surface area (Å²) >= 11 is 0. The van der Waals surface area contributed by atoms with Crippen molar-refractivity contribution in [3.63, 3.8) is 0 Å². The zero-order chi connectivity index (χ0) is 21.2. The van der Waals surface area contributed by atoms with E-state index in [1.54, 1.807) is 31.4 Å². The maximum atomic E-state index is 12.8. The Labute approximate surface area is 173 Å². The topological polar surface area (TPSA) is 87.7 Å². The van der Waals surface area contributed by atoms with Crippen LogP contribution >= 0.6 is 0 Å². The fourth-order valence-electron chi connectivity index (χ4n) is 3.56. The van der Waals surface area contributed by atoms with E-state index < -0.39 is 6.04 Å². The summed E-state index contributed by atoms with van der Waals surface area (Å²) in [4.78, 5) is 39.6. The average molecular weight is 404 g/mol. The van der Waals surface area contributed by atoms with Gasteiger partial charge in [0.25, 0.3) is 5.91 Å². The SMILES string of the molecule is COCCNC(=O)[C@@H](NC(=O)c1ccccc1)C1CCN(C(=O)CC(C)C)CC1. The Kier molecular flexibility index (Phi) is 9.12. The first-order chi connectivity index (χ1) is 13.9. The zero-order valence-electron chi connectivity index (χ0n) is 17.6. The fraction of sp³-hybridized carbons (Fsp3) is 0.591. The van der Waals surface area contributed by atoms with E-state index in [9.17, 15) is 14.4 Å². The Balaban J connectivity index is 2.02. The summed E-state index contributed by atoms with van der Waals surface area (Å²) in [6, 6.07) is 8.24. The van der Waals surface area contributed by atoms with Gasteiger partial charge in [0.15, 0.2) is 0 Å². The minimum absolute atomic E-state index is 0.0201. The molecule has 1 aliphatic heterocycles. The minimum atomic E-state index is -0.637. The lowest BCUT2D eigenvalue weighted by Crippen LogP contribution is -2.54. The van der Waals surface area contributed by atoms with Gasteiger partial charge in [-0.2, -0.15) is 0 Å². The summed E-state index contributed by atoms with van der Waals surface area (Å²) < 4.78 is 4.99. The van der Waals surface area contributed by atoms with Crippen LogP contribution in [-0.4, -0.2) is 62.0 Å². The quantitative estimate of drug-likeness (QED) is 0.616. The number of piperidine rings is 1. The maximum absolute atomic E-state index is 12.8. The van der Waals surface area contributed by atoms with Crippen molar-refractivity contribution in [2.75, 3.05) is 33.4 Å². The molecule has 0 bridgehead atoms. The zero-order valence-corrected chi connectivity index (χ0v) is 17.6. The van der Waals surface area contributed by atoms with Crippen LogP contribution in [0.15, 0.2) is 30.3 Å². The van der Waals surface area contributed by atoms with Crippen molar-refractivity contribution in [1.29, 1.82) is 0 Å². The Bertz CT molecular complexity index is 670. The Morgan fingerprint density at radius 3 is 2.38 bits per heavy atom. The number of nitrogens with one attached hydrogen (secondary N) is 2. The van der Waals surface area contributed by atoms with Gasteiger partial charge in [-0.3, -0.25) is 14.4 Å². The van der Waals surface area contributed by atoms with Crippen LogP contribution < -0.4 is 10.6 Å². The Hall–Kier alpha value is -2.41. The first-order valence-corrected chi connectivity index (χ1v) is 10.3. The van der Waals surface area contributed by atoms with Crippen molar-refractivity contribution in [2.24, 2.45) is 11.8 Å². The van der Waals surface area contributed by atoms with E-state index in [0.29, 0.717) is 57.0 Å². The molecule has 3 amide bonds. The number of amides is 3. The van der Waals surface area contributed by atoms with Crippen molar-refractivity contribution in [3.8, 4) is 0 Å². The van der Waals surface area contributed by atoms with Crippen LogP contribution in [-0.2, 0) is 14.3 Å². The van der Waals surface area contributed by atoms with Gasteiger partial charge in [0.1, 0.15) is 6.04 Å². The van der Waals surface area contributed by atoms with Gasteiger partial charge >= 0.3 is 0 Å². The standard InChI is InChI=1S/C22H33N3O4/c1-16(2)15-19(26)25-12-9-17(10-13-25)20(22(28)23-11-14-29-3)24-21(27)18-7-5-4-6-8-18/h4-8,16-17,20H,9-15H2,1-3H3,(H,23,28)(H,24,27)/t20-/m0/s1. The highest BCUT2D eigenvalue weighted by Crippen LogP contribution is 2.22. The highest BCUT2D eigenvalue weighted by molar-refractivity contribution is 5.97. The van der Waals surface area contributed by atoms with Crippen molar-refractivity contribution in [2.45, 2.75) is 39.2 Å². The number of hydrogen-bond donors (Lipinski definition) is 2. The molecule has 0 aliphatic carbocycles. The predicted octanol–water partition coefficient (Wildman–Crippen LogP) is 1.83. The summed E-state index contributed by atoms with van der Waals surface area (Å²) in [5.41, 5.74) is 0.520. The second-order valence-electron chi connectivity index (χ2n) is 7.92. The van der Waals surface area contributed by atoms with E-state index in [1.807, 2.05) is 24.8 Å². The van der Waals surface area contributed by atoms with Crippen LogP contribution in [0.4, 0.5) is 0 Å². The van der Waals surface area contributed by atoms with Crippen LogP contribution in [0.1, 0.15) is 43.5 Å². The molecule has 0 aromatic heterocycles. The first kappa shape index (κ1) is 22.9. The van der Waals surface area contributed by atoms with Gasteiger partial charge < -0.3 is 20.3 Å². The minimum Gasteiger partial charge on any atom is -0.383 e. The molecule has 1 atom stereocenters. The molecule has 0 radical (unpaired) electrons. The van der Waals surface area contributed by atoms with Crippen LogP contribution in [0.2, 0.25) is 0 Å². The summed E-state index contributed by atoms with van der Waals surface area (Å²) in [6.45, 7) is 6.08. The Morgan fingerprint density at radius 2 is 1.79 bits per heavy atom. The molecule has 1 aliphatic rings. The van der Waals surface area contributed by atoms with E-state index >= 15 is 0 Å². The number of hydrogen-bond acceptors (Lipinski definition) is 4. The van der Waals surface area contributed by atoms with Gasteiger partial charge in [-0.15, -0.1) is 0 Å². The van der Waals surface area contributed by atoms with Crippen molar-refractivity contribution < 1.29 is 19.1 Å². The van der Waals surface area contributed by atoms with Gasteiger partial charge in [-0.1, -0.05) is 32.0 Å². The van der Waals surface area contributed by atoms with Gasteiger partial charge in [0.05, 0.1) is 6.61 Å². The molecular formula is C22H33N3O4. The average Bonchev–Trinajstić information content (AvgIpc) is 2.72. The van der Waals surface area contributed by atoms with Crippen LogP contribution in [0.5, 0.6) is 0 Å². The summed E-state index contributed by atoms with van der Waals surface area (Å²) in [5, 5.41) is 5.75. The lowest BCUT2D eigenvalue weighted by atomic mass is 9.88. The van der Waals surface area contributed by atoms with Crippen molar-refractivity contribution in [1.82, 2.24) is 15.5 Å². The summed E-state index contributed by atoms with van der Waals surface area (Å²) in [7, 11) is 1.57. The third-order valence-electron chi connectivity index (χ3n) is 5.16. The molecule has 0 saturated carbocycles. The van der Waals surface area contributed by atoms with Gasteiger partial charge in [-0.05, 0) is 36.8 Å². The third-order valence-corrected chi connectivity index (χ3v) is 5.16. The predicted molar refractivity (Wildman–Crippen MR) is 111 cm³/mol. The normalized spacial score (nSPS) is 15.8. The molecule has 1 aromatic carbocycles. The highest BCUT2D eigenvalue weighted by atomic mass is 16.5. The molecule has 0 spiro atoms. The molecule has 29 heavy (non-hydrogen) atoms. The summed E-state index contributed by atoms with van der Waals surface area (Å²) in [6.07, 6.45) is 1.90.